The number of aromatic nitrogens is 1. The molecule has 1 rings (SSSR count). The van der Waals surface area contributed by atoms with Gasteiger partial charge in [-0.1, -0.05) is 0 Å². The van der Waals surface area contributed by atoms with Gasteiger partial charge < -0.3 is 0 Å². The lowest BCUT2D eigenvalue weighted by atomic mass is 10.3. The first-order valence-corrected chi connectivity index (χ1v) is 6.94. The summed E-state index contributed by atoms with van der Waals surface area (Å²) in [5, 5.41) is 18.7. The normalized spacial score (nSPS) is 10.9. The highest BCUT2D eigenvalue weighted by molar-refractivity contribution is 7.91. The molecular formula is C9H8ClN3O4S. The largest absolute Gasteiger partial charge is 0.307 e. The van der Waals surface area contributed by atoms with Crippen LogP contribution in [0.15, 0.2) is 17.3 Å². The van der Waals surface area contributed by atoms with E-state index in [1.807, 2.05) is 0 Å². The third kappa shape index (κ3) is 3.15. The highest BCUT2D eigenvalue weighted by Crippen LogP contribution is 2.23. The molecule has 0 fully saturated rings. The minimum atomic E-state index is -3.87. The van der Waals surface area contributed by atoms with Crippen LogP contribution >= 0.6 is 11.6 Å². The monoisotopic (exact) mass is 289 g/mol. The Balaban J connectivity index is 3.33. The number of hydrogen-bond donors (Lipinski definition) is 0. The SMILES string of the molecule is N#Cc1cnc(S(=O)(=O)CCCCl)c([N+](=O)[O-])c1. The van der Waals surface area contributed by atoms with Crippen LogP contribution in [-0.4, -0.2) is 30.0 Å². The average molecular weight is 290 g/mol. The van der Waals surface area contributed by atoms with Gasteiger partial charge in [-0.05, 0) is 6.42 Å². The Hall–Kier alpha value is -1.72. The minimum Gasteiger partial charge on any atom is -0.258 e. The first kappa shape index (κ1) is 14.3. The fourth-order valence-corrected chi connectivity index (χ4v) is 2.89. The highest BCUT2D eigenvalue weighted by Gasteiger charge is 2.27. The van der Waals surface area contributed by atoms with Crippen molar-refractivity contribution in [1.82, 2.24) is 4.98 Å². The molecule has 0 bridgehead atoms. The molecule has 0 radical (unpaired) electrons. The standard InChI is InChI=1S/C9H8ClN3O4S/c10-2-1-3-18(16,17)9-8(13(14)15)4-7(5-11)6-12-9/h4,6H,1-3H2. The molecule has 0 N–H and O–H groups in total. The fourth-order valence-electron chi connectivity index (χ4n) is 1.21. The van der Waals surface area contributed by atoms with Gasteiger partial charge in [-0.15, -0.1) is 11.6 Å². The van der Waals surface area contributed by atoms with Crippen molar-refractivity contribution < 1.29 is 13.3 Å². The van der Waals surface area contributed by atoms with E-state index in [-0.39, 0.29) is 23.6 Å². The number of nitro groups is 1. The summed E-state index contributed by atoms with van der Waals surface area (Å²) >= 11 is 5.38. The van der Waals surface area contributed by atoms with E-state index in [4.69, 9.17) is 16.9 Å². The Labute approximate surface area is 108 Å². The lowest BCUT2D eigenvalue weighted by Gasteiger charge is -2.03. The number of pyridine rings is 1. The van der Waals surface area contributed by atoms with Gasteiger partial charge >= 0.3 is 5.69 Å². The zero-order chi connectivity index (χ0) is 13.8. The number of alkyl halides is 1. The van der Waals surface area contributed by atoms with E-state index in [1.54, 1.807) is 6.07 Å². The maximum atomic E-state index is 11.8. The van der Waals surface area contributed by atoms with Crippen LogP contribution in [0.25, 0.3) is 0 Å². The van der Waals surface area contributed by atoms with E-state index in [1.165, 1.54) is 0 Å². The molecular weight excluding hydrogens is 282 g/mol. The zero-order valence-corrected chi connectivity index (χ0v) is 10.6. The third-order valence-corrected chi connectivity index (χ3v) is 4.00. The minimum absolute atomic E-state index is 0.0713. The Morgan fingerprint density at radius 3 is 2.72 bits per heavy atom. The Morgan fingerprint density at radius 2 is 2.22 bits per heavy atom. The molecule has 0 spiro atoms. The molecule has 7 nitrogen and oxygen atoms in total. The van der Waals surface area contributed by atoms with Gasteiger partial charge in [0.05, 0.1) is 16.2 Å². The molecule has 9 heteroatoms. The lowest BCUT2D eigenvalue weighted by molar-refractivity contribution is -0.388. The topological polar surface area (TPSA) is 114 Å². The van der Waals surface area contributed by atoms with E-state index < -0.39 is 25.5 Å². The number of nitrogens with zero attached hydrogens (tertiary/aromatic N) is 3. The van der Waals surface area contributed by atoms with Crippen molar-refractivity contribution in [1.29, 1.82) is 5.26 Å². The number of nitriles is 1. The van der Waals surface area contributed by atoms with Crippen molar-refractivity contribution in [3.05, 3.63) is 27.9 Å². The van der Waals surface area contributed by atoms with Crippen molar-refractivity contribution in [3.8, 4) is 6.07 Å². The lowest BCUT2D eigenvalue weighted by Crippen LogP contribution is -2.12. The molecule has 0 aromatic carbocycles. The second kappa shape index (κ2) is 5.75. The summed E-state index contributed by atoms with van der Waals surface area (Å²) in [5.41, 5.74) is -0.762. The van der Waals surface area contributed by atoms with Crippen LogP contribution in [0.1, 0.15) is 12.0 Å². The molecule has 0 saturated carbocycles. The summed E-state index contributed by atoms with van der Waals surface area (Å²) in [4.78, 5) is 13.4. The second-order valence-corrected chi connectivity index (χ2v) is 5.68. The average Bonchev–Trinajstić information content (AvgIpc) is 2.35. The van der Waals surface area contributed by atoms with Gasteiger partial charge in [0, 0.05) is 18.1 Å². The van der Waals surface area contributed by atoms with Crippen LogP contribution < -0.4 is 0 Å². The van der Waals surface area contributed by atoms with Crippen LogP contribution in [0, 0.1) is 21.4 Å². The highest BCUT2D eigenvalue weighted by atomic mass is 35.5. The van der Waals surface area contributed by atoms with E-state index in [2.05, 4.69) is 4.98 Å². The number of halogens is 1. The molecule has 0 unspecified atom stereocenters. The maximum Gasteiger partial charge on any atom is 0.307 e. The second-order valence-electron chi connectivity index (χ2n) is 3.28. The first-order valence-electron chi connectivity index (χ1n) is 4.75. The zero-order valence-electron chi connectivity index (χ0n) is 9.04. The molecule has 0 aliphatic carbocycles. The molecule has 18 heavy (non-hydrogen) atoms. The Bertz CT molecular complexity index is 609. The van der Waals surface area contributed by atoms with Gasteiger partial charge in [0.15, 0.2) is 0 Å². The predicted molar refractivity (Wildman–Crippen MR) is 63.0 cm³/mol. The van der Waals surface area contributed by atoms with Crippen molar-refractivity contribution >= 4 is 27.1 Å². The van der Waals surface area contributed by atoms with Gasteiger partial charge in [0.1, 0.15) is 6.07 Å². The first-order chi connectivity index (χ1) is 8.42. The van der Waals surface area contributed by atoms with Crippen LogP contribution in [0.2, 0.25) is 0 Å². The number of hydrogen-bond acceptors (Lipinski definition) is 6. The molecule has 0 aliphatic rings. The van der Waals surface area contributed by atoms with E-state index in [0.29, 0.717) is 0 Å². The smallest absolute Gasteiger partial charge is 0.258 e. The Morgan fingerprint density at radius 1 is 1.56 bits per heavy atom. The summed E-state index contributed by atoms with van der Waals surface area (Å²) in [5.74, 6) is -0.195. The molecule has 1 aromatic rings. The van der Waals surface area contributed by atoms with Gasteiger partial charge in [-0.2, -0.15) is 5.26 Å². The van der Waals surface area contributed by atoms with Crippen LogP contribution in [0.4, 0.5) is 5.69 Å². The van der Waals surface area contributed by atoms with Crippen LogP contribution in [0.3, 0.4) is 0 Å². The molecule has 1 heterocycles. The maximum absolute atomic E-state index is 11.8. The molecule has 0 aliphatic heterocycles. The molecule has 0 saturated heterocycles. The van der Waals surface area contributed by atoms with Gasteiger partial charge in [0.25, 0.3) is 0 Å². The van der Waals surface area contributed by atoms with E-state index >= 15 is 0 Å². The predicted octanol–water partition coefficient (Wildman–Crippen LogP) is 1.26. The number of sulfone groups is 1. The van der Waals surface area contributed by atoms with Crippen molar-refractivity contribution in [3.63, 3.8) is 0 Å². The summed E-state index contributed by atoms with van der Waals surface area (Å²) in [6, 6.07) is 2.55. The van der Waals surface area contributed by atoms with Crippen LogP contribution in [-0.2, 0) is 9.84 Å². The number of rotatable bonds is 5. The Kier molecular flexibility index (Phi) is 4.58. The van der Waals surface area contributed by atoms with Crippen molar-refractivity contribution in [2.45, 2.75) is 11.4 Å². The quantitative estimate of drug-likeness (QED) is 0.458. The summed E-state index contributed by atoms with van der Waals surface area (Å²) in [7, 11) is -3.87. The third-order valence-electron chi connectivity index (χ3n) is 2.00. The van der Waals surface area contributed by atoms with Crippen LogP contribution in [0.5, 0.6) is 0 Å². The van der Waals surface area contributed by atoms with Gasteiger partial charge in [-0.3, -0.25) is 10.1 Å². The summed E-state index contributed by atoms with van der Waals surface area (Å²) in [6.45, 7) is 0. The fraction of sp³-hybridized carbons (Fsp3) is 0.333. The van der Waals surface area contributed by atoms with E-state index in [9.17, 15) is 18.5 Å². The molecule has 0 atom stereocenters. The van der Waals surface area contributed by atoms with Gasteiger partial charge in [0.2, 0.25) is 14.9 Å². The van der Waals surface area contributed by atoms with Crippen molar-refractivity contribution in [2.24, 2.45) is 0 Å². The molecule has 0 amide bonds. The van der Waals surface area contributed by atoms with E-state index in [0.717, 1.165) is 12.3 Å². The molecule has 1 aromatic heterocycles. The summed E-state index contributed by atoms with van der Waals surface area (Å²) < 4.78 is 23.6. The molecule has 96 valence electrons. The van der Waals surface area contributed by atoms with Crippen molar-refractivity contribution in [2.75, 3.05) is 11.6 Å². The van der Waals surface area contributed by atoms with Gasteiger partial charge in [-0.25, -0.2) is 13.4 Å². The summed E-state index contributed by atoms with van der Waals surface area (Å²) in [6.07, 6.45) is 1.16.